The molecule has 0 bridgehead atoms. The van der Waals surface area contributed by atoms with E-state index in [2.05, 4.69) is 10.5 Å². The maximum absolute atomic E-state index is 12.3. The Balaban J connectivity index is 2.45. The third-order valence-electron chi connectivity index (χ3n) is 3.59. The van der Waals surface area contributed by atoms with Crippen molar-refractivity contribution < 1.29 is 9.90 Å². The number of aromatic hydroxyl groups is 1. The lowest BCUT2D eigenvalue weighted by Crippen LogP contribution is -2.40. The molecule has 0 radical (unpaired) electrons. The van der Waals surface area contributed by atoms with Crippen LogP contribution < -0.4 is 16.7 Å². The highest BCUT2D eigenvalue weighted by atomic mass is 16.3. The second-order valence-electron chi connectivity index (χ2n) is 5.12. The Morgan fingerprint density at radius 2 is 1.79 bits per heavy atom. The lowest BCUT2D eigenvalue weighted by atomic mass is 10.1. The Morgan fingerprint density at radius 1 is 1.17 bits per heavy atom. The van der Waals surface area contributed by atoms with Crippen LogP contribution in [-0.2, 0) is 14.1 Å². The van der Waals surface area contributed by atoms with E-state index in [0.717, 1.165) is 9.13 Å². The molecule has 0 saturated heterocycles. The summed E-state index contributed by atoms with van der Waals surface area (Å²) < 4.78 is 1.82. The fourth-order valence-corrected chi connectivity index (χ4v) is 2.17. The smallest absolute Gasteiger partial charge is 0.333 e. The van der Waals surface area contributed by atoms with Gasteiger partial charge in [-0.15, -0.1) is 0 Å². The average Bonchev–Trinajstić information content (AvgIpc) is 2.61. The fourth-order valence-electron chi connectivity index (χ4n) is 2.17. The van der Waals surface area contributed by atoms with Gasteiger partial charge in [0.1, 0.15) is 5.56 Å². The number of carbonyl (C=O) groups excluding carboxylic acids is 1. The minimum absolute atomic E-state index is 0.115. The molecular weight excluding hydrogens is 312 g/mol. The summed E-state index contributed by atoms with van der Waals surface area (Å²) in [6.45, 7) is 1.72. The third kappa shape index (κ3) is 3.12. The summed E-state index contributed by atoms with van der Waals surface area (Å²) in [6.07, 6.45) is 0.274. The number of carbonyl (C=O) groups is 1. The van der Waals surface area contributed by atoms with E-state index in [0.29, 0.717) is 5.56 Å². The van der Waals surface area contributed by atoms with E-state index < -0.39 is 23.0 Å². The Labute approximate surface area is 137 Å². The number of nitrogens with zero attached hydrogens (tertiary/aromatic N) is 3. The average molecular weight is 330 g/mol. The van der Waals surface area contributed by atoms with Crippen LogP contribution in [0.15, 0.2) is 45.0 Å². The van der Waals surface area contributed by atoms with Crippen LogP contribution in [0.4, 0.5) is 0 Å². The van der Waals surface area contributed by atoms with Gasteiger partial charge in [-0.1, -0.05) is 25.1 Å². The molecule has 24 heavy (non-hydrogen) atoms. The second kappa shape index (κ2) is 6.95. The van der Waals surface area contributed by atoms with Crippen molar-refractivity contribution in [2.75, 3.05) is 0 Å². The van der Waals surface area contributed by atoms with Crippen molar-refractivity contribution in [3.63, 3.8) is 0 Å². The van der Waals surface area contributed by atoms with Crippen LogP contribution in [0.2, 0.25) is 0 Å². The number of hydrogen-bond donors (Lipinski definition) is 2. The van der Waals surface area contributed by atoms with E-state index in [1.807, 2.05) is 0 Å². The Morgan fingerprint density at radius 3 is 2.38 bits per heavy atom. The lowest BCUT2D eigenvalue weighted by molar-refractivity contribution is 0.0954. The molecular formula is C16H18N4O4. The number of hydrogen-bond acceptors (Lipinski definition) is 5. The highest BCUT2D eigenvalue weighted by molar-refractivity contribution is 6.03. The SMILES string of the molecule is CCC(=NNC(=O)c1ccccc1)c1c(O)n(C)c(=O)n(C)c1=O. The van der Waals surface area contributed by atoms with Gasteiger partial charge < -0.3 is 5.11 Å². The zero-order valence-corrected chi connectivity index (χ0v) is 13.6. The molecule has 126 valence electrons. The van der Waals surface area contributed by atoms with Gasteiger partial charge in [0, 0.05) is 19.7 Å². The van der Waals surface area contributed by atoms with E-state index in [4.69, 9.17) is 0 Å². The van der Waals surface area contributed by atoms with E-state index in [1.165, 1.54) is 14.1 Å². The van der Waals surface area contributed by atoms with Gasteiger partial charge in [-0.3, -0.25) is 18.7 Å². The standard InChI is InChI=1S/C16H18N4O4/c1-4-11(17-18-13(21)10-8-6-5-7-9-10)12-14(22)19(2)16(24)20(3)15(12)23/h5-9,22H,4H2,1-3H3,(H,18,21). The van der Waals surface area contributed by atoms with Crippen molar-refractivity contribution >= 4 is 11.6 Å². The van der Waals surface area contributed by atoms with Gasteiger partial charge in [-0.05, 0) is 18.6 Å². The predicted molar refractivity (Wildman–Crippen MR) is 89.3 cm³/mol. The van der Waals surface area contributed by atoms with Gasteiger partial charge in [-0.2, -0.15) is 5.10 Å². The Bertz CT molecular complexity index is 910. The first-order chi connectivity index (χ1) is 11.4. The molecule has 2 rings (SSSR count). The van der Waals surface area contributed by atoms with Crippen LogP contribution in [0.25, 0.3) is 0 Å². The summed E-state index contributed by atoms with van der Waals surface area (Å²) in [5.41, 5.74) is 1.51. The van der Waals surface area contributed by atoms with Gasteiger partial charge in [0.25, 0.3) is 11.5 Å². The zero-order chi connectivity index (χ0) is 17.9. The molecule has 0 fully saturated rings. The fraction of sp³-hybridized carbons (Fsp3) is 0.250. The number of rotatable bonds is 4. The van der Waals surface area contributed by atoms with Crippen molar-refractivity contribution in [1.29, 1.82) is 0 Å². The molecule has 1 aromatic heterocycles. The topological polar surface area (TPSA) is 106 Å². The summed E-state index contributed by atoms with van der Waals surface area (Å²) in [5.74, 6) is -0.930. The number of benzene rings is 1. The quantitative estimate of drug-likeness (QED) is 0.622. The third-order valence-corrected chi connectivity index (χ3v) is 3.59. The van der Waals surface area contributed by atoms with Crippen molar-refractivity contribution in [2.45, 2.75) is 13.3 Å². The van der Waals surface area contributed by atoms with Crippen molar-refractivity contribution in [2.24, 2.45) is 19.2 Å². The number of hydrazone groups is 1. The van der Waals surface area contributed by atoms with E-state index in [9.17, 15) is 19.5 Å². The molecule has 0 aliphatic rings. The van der Waals surface area contributed by atoms with Crippen LogP contribution in [0.5, 0.6) is 5.88 Å². The van der Waals surface area contributed by atoms with Gasteiger partial charge >= 0.3 is 5.69 Å². The molecule has 8 nitrogen and oxygen atoms in total. The molecule has 0 spiro atoms. The second-order valence-corrected chi connectivity index (χ2v) is 5.12. The van der Waals surface area contributed by atoms with Crippen molar-refractivity contribution in [3.8, 4) is 5.88 Å². The molecule has 0 unspecified atom stereocenters. The van der Waals surface area contributed by atoms with Crippen LogP contribution in [0.3, 0.4) is 0 Å². The molecule has 2 N–H and O–H groups in total. The first-order valence-electron chi connectivity index (χ1n) is 7.29. The van der Waals surface area contributed by atoms with Crippen LogP contribution >= 0.6 is 0 Å². The summed E-state index contributed by atoms with van der Waals surface area (Å²) in [4.78, 5) is 36.1. The molecule has 1 heterocycles. The first-order valence-corrected chi connectivity index (χ1v) is 7.29. The molecule has 1 aromatic carbocycles. The maximum Gasteiger partial charge on any atom is 0.333 e. The van der Waals surface area contributed by atoms with Gasteiger partial charge in [-0.25, -0.2) is 10.2 Å². The molecule has 0 aliphatic heterocycles. The molecule has 8 heteroatoms. The van der Waals surface area contributed by atoms with E-state index in [1.54, 1.807) is 37.3 Å². The van der Waals surface area contributed by atoms with E-state index >= 15 is 0 Å². The first kappa shape index (κ1) is 17.2. The van der Waals surface area contributed by atoms with Gasteiger partial charge in [0.2, 0.25) is 5.88 Å². The number of amides is 1. The number of aromatic nitrogens is 2. The zero-order valence-electron chi connectivity index (χ0n) is 13.6. The monoisotopic (exact) mass is 330 g/mol. The van der Waals surface area contributed by atoms with Crippen LogP contribution in [0.1, 0.15) is 29.3 Å². The van der Waals surface area contributed by atoms with Gasteiger partial charge in [0.05, 0.1) is 5.71 Å². The highest BCUT2D eigenvalue weighted by Gasteiger charge is 2.19. The highest BCUT2D eigenvalue weighted by Crippen LogP contribution is 2.12. The normalized spacial score (nSPS) is 11.4. The molecule has 0 saturated carbocycles. The molecule has 0 aliphatic carbocycles. The Hall–Kier alpha value is -3.16. The van der Waals surface area contributed by atoms with Crippen LogP contribution in [0, 0.1) is 0 Å². The van der Waals surface area contributed by atoms with Gasteiger partial charge in [0.15, 0.2) is 0 Å². The predicted octanol–water partition coefficient (Wildman–Crippen LogP) is 0.334. The summed E-state index contributed by atoms with van der Waals surface area (Å²) in [5, 5.41) is 14.1. The van der Waals surface area contributed by atoms with Crippen LogP contribution in [-0.4, -0.2) is 25.9 Å². The number of nitrogens with one attached hydrogen (secondary N) is 1. The molecule has 0 atom stereocenters. The van der Waals surface area contributed by atoms with E-state index in [-0.39, 0.29) is 17.7 Å². The largest absolute Gasteiger partial charge is 0.494 e. The molecule has 2 aromatic rings. The summed E-state index contributed by atoms with van der Waals surface area (Å²) >= 11 is 0. The summed E-state index contributed by atoms with van der Waals surface area (Å²) in [7, 11) is 2.65. The Kier molecular flexibility index (Phi) is 4.98. The minimum atomic E-state index is -0.676. The lowest BCUT2D eigenvalue weighted by Gasteiger charge is -2.11. The van der Waals surface area contributed by atoms with Crippen molar-refractivity contribution in [1.82, 2.24) is 14.6 Å². The molecule has 1 amide bonds. The maximum atomic E-state index is 12.3. The summed E-state index contributed by atoms with van der Waals surface area (Å²) in [6, 6.07) is 8.46. The van der Waals surface area contributed by atoms with Crippen molar-refractivity contribution in [3.05, 3.63) is 62.3 Å². The minimum Gasteiger partial charge on any atom is -0.494 e.